The molecule has 1 aromatic heterocycles. The minimum absolute atomic E-state index is 0.854. The quantitative estimate of drug-likeness (QED) is 0.798. The zero-order valence-electron chi connectivity index (χ0n) is 10.0. The summed E-state index contributed by atoms with van der Waals surface area (Å²) in [6.45, 7) is 6.67. The molecule has 3 nitrogen and oxygen atoms in total. The Labute approximate surface area is 91.9 Å². The van der Waals surface area contributed by atoms with Crippen molar-refractivity contribution >= 4 is 0 Å². The van der Waals surface area contributed by atoms with Crippen LogP contribution in [-0.4, -0.2) is 22.9 Å². The van der Waals surface area contributed by atoms with Crippen molar-refractivity contribution in [3.63, 3.8) is 0 Å². The topological polar surface area (TPSA) is 29.9 Å². The van der Waals surface area contributed by atoms with Crippen molar-refractivity contribution in [2.45, 2.75) is 33.1 Å². The average molecular weight is 207 g/mol. The van der Waals surface area contributed by atoms with Crippen LogP contribution in [0.5, 0.6) is 0 Å². The fourth-order valence-corrected chi connectivity index (χ4v) is 2.49. The molecule has 15 heavy (non-hydrogen) atoms. The van der Waals surface area contributed by atoms with Gasteiger partial charge in [-0.3, -0.25) is 4.68 Å². The summed E-state index contributed by atoms with van der Waals surface area (Å²) in [7, 11) is 2.04. The number of hydrogen-bond acceptors (Lipinski definition) is 2. The number of aryl methyl sites for hydroxylation is 2. The van der Waals surface area contributed by atoms with Crippen LogP contribution in [0.1, 0.15) is 29.8 Å². The molecule has 0 saturated carbocycles. The third-order valence-corrected chi connectivity index (χ3v) is 3.61. The normalized spacial score (nSPS) is 18.3. The summed E-state index contributed by atoms with van der Waals surface area (Å²) in [5, 5.41) is 7.89. The van der Waals surface area contributed by atoms with Crippen molar-refractivity contribution in [2.24, 2.45) is 13.0 Å². The number of nitrogens with one attached hydrogen (secondary N) is 1. The molecule has 1 fully saturated rings. The molecule has 0 radical (unpaired) electrons. The molecule has 1 aliphatic heterocycles. The lowest BCUT2D eigenvalue weighted by Crippen LogP contribution is -2.28. The number of rotatable bonds is 2. The fraction of sp³-hybridized carbons (Fsp3) is 0.750. The van der Waals surface area contributed by atoms with Gasteiger partial charge in [0.15, 0.2) is 0 Å². The van der Waals surface area contributed by atoms with E-state index in [1.54, 1.807) is 0 Å². The van der Waals surface area contributed by atoms with Crippen molar-refractivity contribution in [3.05, 3.63) is 17.0 Å². The molecule has 0 bridgehead atoms. The van der Waals surface area contributed by atoms with E-state index in [0.29, 0.717) is 0 Å². The van der Waals surface area contributed by atoms with Crippen LogP contribution in [-0.2, 0) is 13.5 Å². The van der Waals surface area contributed by atoms with Gasteiger partial charge in [0, 0.05) is 12.7 Å². The van der Waals surface area contributed by atoms with E-state index in [1.165, 1.54) is 49.3 Å². The van der Waals surface area contributed by atoms with E-state index in [0.717, 1.165) is 5.92 Å². The predicted molar refractivity (Wildman–Crippen MR) is 62.0 cm³/mol. The van der Waals surface area contributed by atoms with Gasteiger partial charge in [-0.2, -0.15) is 5.10 Å². The van der Waals surface area contributed by atoms with Crippen LogP contribution in [0.4, 0.5) is 0 Å². The summed E-state index contributed by atoms with van der Waals surface area (Å²) in [5.74, 6) is 0.854. The summed E-state index contributed by atoms with van der Waals surface area (Å²) in [6.07, 6.45) is 3.84. The zero-order chi connectivity index (χ0) is 10.8. The Morgan fingerprint density at radius 3 is 2.53 bits per heavy atom. The zero-order valence-corrected chi connectivity index (χ0v) is 10.0. The molecule has 84 valence electrons. The molecule has 0 aliphatic carbocycles. The molecule has 0 aromatic carbocycles. The van der Waals surface area contributed by atoms with E-state index < -0.39 is 0 Å². The van der Waals surface area contributed by atoms with Gasteiger partial charge in [0.25, 0.3) is 0 Å². The third-order valence-electron chi connectivity index (χ3n) is 3.61. The third kappa shape index (κ3) is 2.23. The van der Waals surface area contributed by atoms with Crippen LogP contribution in [0.25, 0.3) is 0 Å². The first-order valence-electron chi connectivity index (χ1n) is 5.88. The summed E-state index contributed by atoms with van der Waals surface area (Å²) in [6, 6.07) is 0. The molecule has 0 amide bonds. The molecule has 2 rings (SSSR count). The van der Waals surface area contributed by atoms with E-state index in [4.69, 9.17) is 0 Å². The standard InChI is InChI=1S/C12H21N3/c1-9-12(10(2)15(3)14-9)8-11-4-6-13-7-5-11/h11,13H,4-8H2,1-3H3. The Kier molecular flexibility index (Phi) is 3.10. The van der Waals surface area contributed by atoms with Gasteiger partial charge in [-0.15, -0.1) is 0 Å². The van der Waals surface area contributed by atoms with Crippen LogP contribution in [0, 0.1) is 19.8 Å². The molecule has 1 saturated heterocycles. The van der Waals surface area contributed by atoms with Gasteiger partial charge >= 0.3 is 0 Å². The number of hydrogen-bond donors (Lipinski definition) is 1. The number of aromatic nitrogens is 2. The van der Waals surface area contributed by atoms with Crippen LogP contribution >= 0.6 is 0 Å². The molecular weight excluding hydrogens is 186 g/mol. The van der Waals surface area contributed by atoms with Crippen LogP contribution < -0.4 is 5.32 Å². The highest BCUT2D eigenvalue weighted by atomic mass is 15.3. The van der Waals surface area contributed by atoms with E-state index >= 15 is 0 Å². The average Bonchev–Trinajstić information content (AvgIpc) is 2.47. The minimum Gasteiger partial charge on any atom is -0.317 e. The predicted octanol–water partition coefficient (Wildman–Crippen LogP) is 1.58. The Hall–Kier alpha value is -0.830. The number of piperidine rings is 1. The lowest BCUT2D eigenvalue weighted by Gasteiger charge is -2.22. The lowest BCUT2D eigenvalue weighted by molar-refractivity contribution is 0.371. The van der Waals surface area contributed by atoms with Crippen molar-refractivity contribution in [3.8, 4) is 0 Å². The van der Waals surface area contributed by atoms with Crippen molar-refractivity contribution in [1.29, 1.82) is 0 Å². The first-order valence-corrected chi connectivity index (χ1v) is 5.88. The van der Waals surface area contributed by atoms with Gasteiger partial charge in [-0.25, -0.2) is 0 Å². The number of nitrogens with zero attached hydrogens (tertiary/aromatic N) is 2. The highest BCUT2D eigenvalue weighted by Gasteiger charge is 2.17. The molecule has 2 heterocycles. The second-order valence-corrected chi connectivity index (χ2v) is 4.67. The van der Waals surface area contributed by atoms with E-state index in [9.17, 15) is 0 Å². The summed E-state index contributed by atoms with van der Waals surface area (Å²) < 4.78 is 2.01. The first kappa shape index (κ1) is 10.7. The molecule has 3 heteroatoms. The SMILES string of the molecule is Cc1nn(C)c(C)c1CC1CCNCC1. The van der Waals surface area contributed by atoms with E-state index in [2.05, 4.69) is 24.3 Å². The minimum atomic E-state index is 0.854. The van der Waals surface area contributed by atoms with Gasteiger partial charge in [-0.1, -0.05) is 0 Å². The van der Waals surface area contributed by atoms with Crippen molar-refractivity contribution in [2.75, 3.05) is 13.1 Å². The monoisotopic (exact) mass is 207 g/mol. The molecule has 1 aromatic rings. The molecule has 0 unspecified atom stereocenters. The van der Waals surface area contributed by atoms with Crippen molar-refractivity contribution in [1.82, 2.24) is 15.1 Å². The second-order valence-electron chi connectivity index (χ2n) is 4.67. The Balaban J connectivity index is 2.09. The summed E-state index contributed by atoms with van der Waals surface area (Å²) in [4.78, 5) is 0. The van der Waals surface area contributed by atoms with E-state index in [-0.39, 0.29) is 0 Å². The molecule has 0 atom stereocenters. The van der Waals surface area contributed by atoms with E-state index in [1.807, 2.05) is 11.7 Å². The molecule has 1 aliphatic rings. The van der Waals surface area contributed by atoms with Gasteiger partial charge in [-0.05, 0) is 57.7 Å². The Bertz CT molecular complexity index is 335. The lowest BCUT2D eigenvalue weighted by atomic mass is 9.90. The fourth-order valence-electron chi connectivity index (χ4n) is 2.49. The van der Waals surface area contributed by atoms with Gasteiger partial charge in [0.2, 0.25) is 0 Å². The maximum Gasteiger partial charge on any atom is 0.0628 e. The highest BCUT2D eigenvalue weighted by molar-refractivity contribution is 5.24. The maximum atomic E-state index is 4.48. The summed E-state index contributed by atoms with van der Waals surface area (Å²) in [5.41, 5.74) is 4.03. The maximum absolute atomic E-state index is 4.48. The first-order chi connectivity index (χ1) is 7.18. The van der Waals surface area contributed by atoms with Gasteiger partial charge in [0.1, 0.15) is 0 Å². The largest absolute Gasteiger partial charge is 0.317 e. The Morgan fingerprint density at radius 2 is 2.00 bits per heavy atom. The highest BCUT2D eigenvalue weighted by Crippen LogP contribution is 2.22. The van der Waals surface area contributed by atoms with Crippen LogP contribution in [0.3, 0.4) is 0 Å². The van der Waals surface area contributed by atoms with Gasteiger partial charge in [0.05, 0.1) is 5.69 Å². The van der Waals surface area contributed by atoms with Crippen LogP contribution in [0.2, 0.25) is 0 Å². The molecule has 1 N–H and O–H groups in total. The second kappa shape index (κ2) is 4.35. The van der Waals surface area contributed by atoms with Crippen molar-refractivity contribution < 1.29 is 0 Å². The molecular formula is C12H21N3. The van der Waals surface area contributed by atoms with Crippen LogP contribution in [0.15, 0.2) is 0 Å². The Morgan fingerprint density at radius 1 is 1.33 bits per heavy atom. The summed E-state index contributed by atoms with van der Waals surface area (Å²) >= 11 is 0. The van der Waals surface area contributed by atoms with Gasteiger partial charge < -0.3 is 5.32 Å². The smallest absolute Gasteiger partial charge is 0.0628 e. The molecule has 0 spiro atoms.